The summed E-state index contributed by atoms with van der Waals surface area (Å²) in [5, 5.41) is 11.8. The predicted molar refractivity (Wildman–Crippen MR) is 79.4 cm³/mol. The summed E-state index contributed by atoms with van der Waals surface area (Å²) in [7, 11) is 0. The van der Waals surface area contributed by atoms with Gasteiger partial charge < -0.3 is 16.8 Å². The monoisotopic (exact) mass is 286 g/mol. The summed E-state index contributed by atoms with van der Waals surface area (Å²) in [5.74, 6) is -0.417. The zero-order chi connectivity index (χ0) is 14.7. The number of nitrogen functional groups attached to an aromatic ring is 2. The molecule has 0 aliphatic heterocycles. The van der Waals surface area contributed by atoms with Gasteiger partial charge in [0.25, 0.3) is 5.91 Å². The molecule has 1 amide bonds. The largest absolute Gasteiger partial charge is 0.399 e. The van der Waals surface area contributed by atoms with Crippen LogP contribution in [0.25, 0.3) is 0 Å². The van der Waals surface area contributed by atoms with E-state index in [4.69, 9.17) is 28.3 Å². The molecule has 2 rings (SSSR count). The minimum Gasteiger partial charge on any atom is -0.399 e. The number of nitrogens with two attached hydrogens (primary N) is 2. The maximum atomic E-state index is 12.1. The topological polar surface area (TPSA) is 105 Å². The van der Waals surface area contributed by atoms with Crippen molar-refractivity contribution in [2.45, 2.75) is 0 Å². The molecule has 0 saturated heterocycles. The highest BCUT2D eigenvalue weighted by Crippen LogP contribution is 2.24. The molecule has 5 N–H and O–H groups in total. The van der Waals surface area contributed by atoms with Crippen molar-refractivity contribution in [1.29, 1.82) is 5.26 Å². The lowest BCUT2D eigenvalue weighted by Gasteiger charge is -2.09. The lowest BCUT2D eigenvalue weighted by atomic mass is 10.1. The van der Waals surface area contributed by atoms with E-state index in [9.17, 15) is 4.79 Å². The molecule has 5 nitrogen and oxygen atoms in total. The van der Waals surface area contributed by atoms with Crippen LogP contribution < -0.4 is 16.8 Å². The molecule has 0 aromatic heterocycles. The number of halogens is 1. The van der Waals surface area contributed by atoms with E-state index in [1.54, 1.807) is 18.2 Å². The van der Waals surface area contributed by atoms with E-state index in [-0.39, 0.29) is 11.3 Å². The van der Waals surface area contributed by atoms with E-state index in [1.165, 1.54) is 18.2 Å². The Morgan fingerprint density at radius 3 is 2.60 bits per heavy atom. The molecule has 20 heavy (non-hydrogen) atoms. The minimum atomic E-state index is -0.417. The molecular formula is C14H11ClN4O. The van der Waals surface area contributed by atoms with E-state index >= 15 is 0 Å². The second kappa shape index (κ2) is 5.51. The second-order valence-electron chi connectivity index (χ2n) is 4.11. The van der Waals surface area contributed by atoms with E-state index < -0.39 is 5.91 Å². The number of carbonyl (C=O) groups excluding carboxylic acids is 1. The van der Waals surface area contributed by atoms with Gasteiger partial charge in [-0.25, -0.2) is 0 Å². The third-order valence-electron chi connectivity index (χ3n) is 2.66. The first-order valence-corrected chi connectivity index (χ1v) is 6.05. The molecule has 0 aliphatic carbocycles. The van der Waals surface area contributed by atoms with Gasteiger partial charge in [-0.05, 0) is 36.4 Å². The maximum Gasteiger partial charge on any atom is 0.257 e. The third-order valence-corrected chi connectivity index (χ3v) is 2.99. The van der Waals surface area contributed by atoms with E-state index in [2.05, 4.69) is 5.32 Å². The summed E-state index contributed by atoms with van der Waals surface area (Å²) in [6.07, 6.45) is 0. The molecule has 6 heteroatoms. The van der Waals surface area contributed by atoms with Crippen molar-refractivity contribution in [2.75, 3.05) is 16.8 Å². The highest BCUT2D eigenvalue weighted by atomic mass is 35.5. The smallest absolute Gasteiger partial charge is 0.257 e. The van der Waals surface area contributed by atoms with Crippen LogP contribution in [-0.2, 0) is 0 Å². The van der Waals surface area contributed by atoms with Crippen LogP contribution in [0.1, 0.15) is 15.9 Å². The Hall–Kier alpha value is -2.71. The summed E-state index contributed by atoms with van der Waals surface area (Å²) >= 11 is 5.97. The SMILES string of the molecule is N#Cc1ccc(Cl)c(NC(=O)c2ccc(N)cc2N)c1. The Morgan fingerprint density at radius 2 is 1.95 bits per heavy atom. The second-order valence-corrected chi connectivity index (χ2v) is 4.51. The van der Waals surface area contributed by atoms with Gasteiger partial charge in [-0.1, -0.05) is 11.6 Å². The number of rotatable bonds is 2. The Labute approximate surface area is 120 Å². The highest BCUT2D eigenvalue weighted by Gasteiger charge is 2.12. The van der Waals surface area contributed by atoms with Gasteiger partial charge in [-0.2, -0.15) is 5.26 Å². The van der Waals surface area contributed by atoms with Crippen molar-refractivity contribution in [1.82, 2.24) is 0 Å². The van der Waals surface area contributed by atoms with Gasteiger partial charge in [0.1, 0.15) is 0 Å². The first-order chi connectivity index (χ1) is 9.51. The number of anilines is 3. The molecule has 0 heterocycles. The van der Waals surface area contributed by atoms with Gasteiger partial charge in [0.05, 0.1) is 27.9 Å². The van der Waals surface area contributed by atoms with Crippen LogP contribution in [-0.4, -0.2) is 5.91 Å². The van der Waals surface area contributed by atoms with Gasteiger partial charge in [0.15, 0.2) is 0 Å². The average Bonchev–Trinajstić information content (AvgIpc) is 2.41. The molecule has 0 bridgehead atoms. The zero-order valence-electron chi connectivity index (χ0n) is 10.4. The fourth-order valence-electron chi connectivity index (χ4n) is 1.67. The Bertz CT molecular complexity index is 722. The lowest BCUT2D eigenvalue weighted by Crippen LogP contribution is -2.14. The quantitative estimate of drug-likeness (QED) is 0.738. The maximum absolute atomic E-state index is 12.1. The molecule has 2 aromatic carbocycles. The molecule has 0 spiro atoms. The number of nitrogens with zero attached hydrogens (tertiary/aromatic N) is 1. The first-order valence-electron chi connectivity index (χ1n) is 5.67. The average molecular weight is 287 g/mol. The number of benzene rings is 2. The fourth-order valence-corrected chi connectivity index (χ4v) is 1.83. The summed E-state index contributed by atoms with van der Waals surface area (Å²) in [6, 6.07) is 11.2. The summed E-state index contributed by atoms with van der Waals surface area (Å²) in [4.78, 5) is 12.1. The summed E-state index contributed by atoms with van der Waals surface area (Å²) in [5.41, 5.74) is 13.1. The van der Waals surface area contributed by atoms with Crippen LogP contribution in [0.4, 0.5) is 17.1 Å². The Kier molecular flexibility index (Phi) is 3.78. The first kappa shape index (κ1) is 13.7. The molecular weight excluding hydrogens is 276 g/mol. The van der Waals surface area contributed by atoms with Crippen LogP contribution in [0.2, 0.25) is 5.02 Å². The van der Waals surface area contributed by atoms with Crippen molar-refractivity contribution in [3.63, 3.8) is 0 Å². The van der Waals surface area contributed by atoms with Crippen molar-refractivity contribution >= 4 is 34.6 Å². The number of carbonyl (C=O) groups is 1. The van der Waals surface area contributed by atoms with Crippen molar-refractivity contribution in [2.24, 2.45) is 0 Å². The molecule has 100 valence electrons. The molecule has 0 radical (unpaired) electrons. The highest BCUT2D eigenvalue weighted by molar-refractivity contribution is 6.34. The minimum absolute atomic E-state index is 0.273. The van der Waals surface area contributed by atoms with Gasteiger partial charge in [0.2, 0.25) is 0 Å². The van der Waals surface area contributed by atoms with E-state index in [0.717, 1.165) is 0 Å². The van der Waals surface area contributed by atoms with E-state index in [1.807, 2.05) is 6.07 Å². The Balaban J connectivity index is 2.30. The van der Waals surface area contributed by atoms with Crippen molar-refractivity contribution in [3.05, 3.63) is 52.5 Å². The predicted octanol–water partition coefficient (Wildman–Crippen LogP) is 2.63. The van der Waals surface area contributed by atoms with Crippen LogP contribution >= 0.6 is 11.6 Å². The number of amides is 1. The lowest BCUT2D eigenvalue weighted by molar-refractivity contribution is 0.102. The van der Waals surface area contributed by atoms with Crippen LogP contribution in [0.5, 0.6) is 0 Å². The van der Waals surface area contributed by atoms with Crippen LogP contribution in [0.15, 0.2) is 36.4 Å². The molecule has 2 aromatic rings. The van der Waals surface area contributed by atoms with Gasteiger partial charge in [0, 0.05) is 11.4 Å². The number of hydrogen-bond donors (Lipinski definition) is 3. The van der Waals surface area contributed by atoms with Gasteiger partial charge in [-0.3, -0.25) is 4.79 Å². The number of nitrogens with one attached hydrogen (secondary N) is 1. The van der Waals surface area contributed by atoms with E-state index in [0.29, 0.717) is 22.0 Å². The number of nitriles is 1. The summed E-state index contributed by atoms with van der Waals surface area (Å²) < 4.78 is 0. The van der Waals surface area contributed by atoms with Crippen LogP contribution in [0.3, 0.4) is 0 Å². The molecule has 0 saturated carbocycles. The molecule has 0 unspecified atom stereocenters. The van der Waals surface area contributed by atoms with Gasteiger partial charge in [-0.15, -0.1) is 0 Å². The zero-order valence-corrected chi connectivity index (χ0v) is 11.1. The normalized spacial score (nSPS) is 9.80. The standard InChI is InChI=1S/C14H11ClN4O/c15-11-4-1-8(7-16)5-13(11)19-14(20)10-3-2-9(17)6-12(10)18/h1-6H,17-18H2,(H,19,20). The molecule has 0 atom stereocenters. The third kappa shape index (κ3) is 2.82. The van der Waals surface area contributed by atoms with Gasteiger partial charge >= 0.3 is 0 Å². The molecule has 0 aliphatic rings. The van der Waals surface area contributed by atoms with Crippen LogP contribution in [0, 0.1) is 11.3 Å². The fraction of sp³-hybridized carbons (Fsp3) is 0. The Morgan fingerprint density at radius 1 is 1.20 bits per heavy atom. The van der Waals surface area contributed by atoms with Crippen molar-refractivity contribution < 1.29 is 4.79 Å². The van der Waals surface area contributed by atoms with Crippen molar-refractivity contribution in [3.8, 4) is 6.07 Å². The molecule has 0 fully saturated rings. The summed E-state index contributed by atoms with van der Waals surface area (Å²) in [6.45, 7) is 0. The number of hydrogen-bond acceptors (Lipinski definition) is 4.